The highest BCUT2D eigenvalue weighted by Crippen LogP contribution is 2.23. The summed E-state index contributed by atoms with van der Waals surface area (Å²) in [5.74, 6) is -0.185. The van der Waals surface area contributed by atoms with Gasteiger partial charge in [-0.3, -0.25) is 4.79 Å². The Labute approximate surface area is 149 Å². The minimum absolute atomic E-state index is 0.00898. The number of benzene rings is 1. The third kappa shape index (κ3) is 6.96. The van der Waals surface area contributed by atoms with Crippen LogP contribution in [-0.2, 0) is 14.3 Å². The molecule has 0 bridgehead atoms. The Morgan fingerprint density at radius 1 is 1.24 bits per heavy atom. The zero-order chi connectivity index (χ0) is 18.7. The average Bonchev–Trinajstić information content (AvgIpc) is 2.59. The smallest absolute Gasteiger partial charge is 0.267 e. The van der Waals surface area contributed by atoms with Gasteiger partial charge in [-0.25, -0.2) is 0 Å². The molecule has 1 rings (SSSR count). The fourth-order valence-electron chi connectivity index (χ4n) is 2.25. The van der Waals surface area contributed by atoms with E-state index in [1.165, 1.54) is 6.20 Å². The van der Waals surface area contributed by atoms with Crippen LogP contribution in [0.1, 0.15) is 39.2 Å². The zero-order valence-electron chi connectivity index (χ0n) is 15.3. The van der Waals surface area contributed by atoms with Crippen molar-refractivity contribution in [1.29, 1.82) is 5.26 Å². The van der Waals surface area contributed by atoms with E-state index in [2.05, 4.69) is 24.5 Å². The molecule has 0 radical (unpaired) electrons. The number of nitriles is 1. The number of para-hydroxylation sites is 1. The number of nitrogens with zero attached hydrogens (tertiary/aromatic N) is 1. The molecule has 0 unspecified atom stereocenters. The van der Waals surface area contributed by atoms with Gasteiger partial charge in [-0.2, -0.15) is 5.26 Å². The van der Waals surface area contributed by atoms with Crippen LogP contribution in [0.15, 0.2) is 36.0 Å². The van der Waals surface area contributed by atoms with Crippen LogP contribution in [0.25, 0.3) is 0 Å². The molecular weight excluding hydrogens is 318 g/mol. The maximum atomic E-state index is 12.3. The van der Waals surface area contributed by atoms with Gasteiger partial charge in [0.25, 0.3) is 5.91 Å². The van der Waals surface area contributed by atoms with Crippen molar-refractivity contribution in [3.05, 3.63) is 41.6 Å². The van der Waals surface area contributed by atoms with Gasteiger partial charge in [-0.15, -0.1) is 0 Å². The molecule has 0 aliphatic rings. The summed E-state index contributed by atoms with van der Waals surface area (Å²) in [5, 5.41) is 15.0. The molecule has 0 spiro atoms. The normalized spacial score (nSPS) is 11.5. The predicted molar refractivity (Wildman–Crippen MR) is 97.9 cm³/mol. The van der Waals surface area contributed by atoms with Gasteiger partial charge in [0.15, 0.2) is 6.29 Å². The van der Waals surface area contributed by atoms with E-state index >= 15 is 0 Å². The summed E-state index contributed by atoms with van der Waals surface area (Å²) in [4.78, 5) is 12.3. The molecule has 0 aliphatic carbocycles. The van der Waals surface area contributed by atoms with Gasteiger partial charge in [0.2, 0.25) is 0 Å². The first-order valence-electron chi connectivity index (χ1n) is 8.50. The van der Waals surface area contributed by atoms with E-state index in [0.29, 0.717) is 25.4 Å². The summed E-state index contributed by atoms with van der Waals surface area (Å²) in [6, 6.07) is 9.48. The van der Waals surface area contributed by atoms with Gasteiger partial charge in [0, 0.05) is 25.1 Å². The van der Waals surface area contributed by atoms with Crippen molar-refractivity contribution in [1.82, 2.24) is 5.32 Å². The van der Waals surface area contributed by atoms with Crippen LogP contribution in [0.3, 0.4) is 0 Å². The molecule has 2 N–H and O–H groups in total. The summed E-state index contributed by atoms with van der Waals surface area (Å²) in [7, 11) is 0. The Hall–Kier alpha value is -2.36. The van der Waals surface area contributed by atoms with Crippen molar-refractivity contribution in [3.8, 4) is 6.07 Å². The van der Waals surface area contributed by atoms with Crippen LogP contribution in [0, 0.1) is 11.3 Å². The second-order valence-electron chi connectivity index (χ2n) is 5.61. The molecule has 0 saturated carbocycles. The molecule has 6 heteroatoms. The lowest BCUT2D eigenvalue weighted by molar-refractivity contribution is -0.131. The van der Waals surface area contributed by atoms with E-state index in [-0.39, 0.29) is 11.5 Å². The number of hydrogen-bond donors (Lipinski definition) is 2. The third-order valence-corrected chi connectivity index (χ3v) is 3.43. The minimum atomic E-state index is -0.451. The van der Waals surface area contributed by atoms with Crippen molar-refractivity contribution >= 4 is 11.6 Å². The Morgan fingerprint density at radius 3 is 2.44 bits per heavy atom. The average molecular weight is 345 g/mol. The van der Waals surface area contributed by atoms with E-state index < -0.39 is 12.2 Å². The molecule has 25 heavy (non-hydrogen) atoms. The largest absolute Gasteiger partial charge is 0.385 e. The summed E-state index contributed by atoms with van der Waals surface area (Å²) in [5.41, 5.74) is 1.73. The molecule has 0 saturated heterocycles. The number of amides is 1. The maximum absolute atomic E-state index is 12.3. The topological polar surface area (TPSA) is 83.4 Å². The third-order valence-electron chi connectivity index (χ3n) is 3.43. The fraction of sp³-hybridized carbons (Fsp3) is 0.474. The van der Waals surface area contributed by atoms with Gasteiger partial charge < -0.3 is 20.1 Å². The standard InChI is InChI=1S/C19H27N3O3/c1-5-24-18(25-6-2)13-21-12-15(11-20)19(23)22-17-10-8-7-9-16(17)14(3)4/h7-10,12,14,18,21H,5-6,13H2,1-4H3,(H,22,23)/b15-12-. The number of ether oxygens (including phenoxy) is 2. The summed E-state index contributed by atoms with van der Waals surface area (Å²) < 4.78 is 10.8. The highest BCUT2D eigenvalue weighted by molar-refractivity contribution is 6.06. The molecule has 0 atom stereocenters. The lowest BCUT2D eigenvalue weighted by atomic mass is 10.0. The number of rotatable bonds is 10. The monoisotopic (exact) mass is 345 g/mol. The van der Waals surface area contributed by atoms with Crippen LogP contribution >= 0.6 is 0 Å². The fourth-order valence-corrected chi connectivity index (χ4v) is 2.25. The molecule has 1 aromatic carbocycles. The Balaban J connectivity index is 2.73. The lowest BCUT2D eigenvalue weighted by Crippen LogP contribution is -2.29. The first-order valence-corrected chi connectivity index (χ1v) is 8.50. The SMILES string of the molecule is CCOC(CN/C=C(/C#N)C(=O)Nc1ccccc1C(C)C)OCC. The molecule has 0 aliphatic heterocycles. The molecular formula is C19H27N3O3. The summed E-state index contributed by atoms with van der Waals surface area (Å²) in [6.45, 7) is 9.25. The first-order chi connectivity index (χ1) is 12.0. The Bertz CT molecular complexity index is 615. The van der Waals surface area contributed by atoms with E-state index in [0.717, 1.165) is 5.56 Å². The van der Waals surface area contributed by atoms with E-state index in [4.69, 9.17) is 9.47 Å². The zero-order valence-corrected chi connectivity index (χ0v) is 15.3. The lowest BCUT2D eigenvalue weighted by Gasteiger charge is -2.17. The Morgan fingerprint density at radius 2 is 1.88 bits per heavy atom. The highest BCUT2D eigenvalue weighted by Gasteiger charge is 2.13. The quantitative estimate of drug-likeness (QED) is 0.387. The van der Waals surface area contributed by atoms with Crippen molar-refractivity contribution in [3.63, 3.8) is 0 Å². The van der Waals surface area contributed by atoms with Crippen LogP contribution in [-0.4, -0.2) is 32.0 Å². The van der Waals surface area contributed by atoms with E-state index in [1.54, 1.807) is 0 Å². The van der Waals surface area contributed by atoms with Gasteiger partial charge in [0.1, 0.15) is 11.6 Å². The molecule has 136 valence electrons. The first kappa shape index (κ1) is 20.7. The highest BCUT2D eigenvalue weighted by atomic mass is 16.7. The van der Waals surface area contributed by atoms with Crippen molar-refractivity contribution in [2.45, 2.75) is 39.9 Å². The van der Waals surface area contributed by atoms with Crippen molar-refractivity contribution < 1.29 is 14.3 Å². The summed E-state index contributed by atoms with van der Waals surface area (Å²) in [6.07, 6.45) is 0.967. The predicted octanol–water partition coefficient (Wildman–Crippen LogP) is 3.14. The van der Waals surface area contributed by atoms with Crippen molar-refractivity contribution in [2.75, 3.05) is 25.1 Å². The number of hydrogen-bond acceptors (Lipinski definition) is 5. The molecule has 0 heterocycles. The van der Waals surface area contributed by atoms with Crippen LogP contribution in [0.5, 0.6) is 0 Å². The van der Waals surface area contributed by atoms with Gasteiger partial charge in [-0.1, -0.05) is 32.0 Å². The number of carbonyl (C=O) groups is 1. The van der Waals surface area contributed by atoms with Crippen LogP contribution < -0.4 is 10.6 Å². The van der Waals surface area contributed by atoms with Gasteiger partial charge >= 0.3 is 0 Å². The molecule has 1 amide bonds. The van der Waals surface area contributed by atoms with Crippen LogP contribution in [0.2, 0.25) is 0 Å². The Kier molecular flexibility index (Phi) is 9.30. The van der Waals surface area contributed by atoms with Gasteiger partial charge in [-0.05, 0) is 31.4 Å². The summed E-state index contributed by atoms with van der Waals surface area (Å²) >= 11 is 0. The molecule has 0 fully saturated rings. The number of nitrogens with one attached hydrogen (secondary N) is 2. The number of carbonyl (C=O) groups excluding carboxylic acids is 1. The van der Waals surface area contributed by atoms with Crippen LogP contribution in [0.4, 0.5) is 5.69 Å². The second-order valence-corrected chi connectivity index (χ2v) is 5.61. The molecule has 6 nitrogen and oxygen atoms in total. The van der Waals surface area contributed by atoms with E-state index in [1.807, 2.05) is 44.2 Å². The molecule has 1 aromatic rings. The number of anilines is 1. The van der Waals surface area contributed by atoms with Gasteiger partial charge in [0.05, 0.1) is 6.54 Å². The maximum Gasteiger partial charge on any atom is 0.267 e. The second kappa shape index (κ2) is 11.2. The van der Waals surface area contributed by atoms with E-state index in [9.17, 15) is 10.1 Å². The minimum Gasteiger partial charge on any atom is -0.385 e. The molecule has 0 aromatic heterocycles. The van der Waals surface area contributed by atoms with Crippen molar-refractivity contribution in [2.24, 2.45) is 0 Å².